The van der Waals surface area contributed by atoms with Gasteiger partial charge in [0, 0.05) is 6.54 Å². The van der Waals surface area contributed by atoms with Crippen LogP contribution in [0.15, 0.2) is 0 Å². The summed E-state index contributed by atoms with van der Waals surface area (Å²) in [6, 6.07) is 0. The van der Waals surface area contributed by atoms with Crippen LogP contribution in [0.2, 0.25) is 0 Å². The van der Waals surface area contributed by atoms with E-state index in [1.54, 1.807) is 0 Å². The fraction of sp³-hybridized carbons (Fsp3) is 0.938. The number of rotatable bonds is 4. The van der Waals surface area contributed by atoms with Gasteiger partial charge in [-0.1, -0.05) is 26.7 Å². The number of carbonyl (C=O) groups is 1. The molecular formula is C16H29NO2. The Hall–Kier alpha value is -0.570. The molecule has 1 aliphatic carbocycles. The predicted molar refractivity (Wildman–Crippen MR) is 77.2 cm³/mol. The number of hydrogen-bond donors (Lipinski definition) is 1. The fourth-order valence-corrected chi connectivity index (χ4v) is 3.97. The highest BCUT2D eigenvalue weighted by molar-refractivity contribution is 5.74. The van der Waals surface area contributed by atoms with Crippen LogP contribution in [0, 0.1) is 17.3 Å². The molecule has 3 nitrogen and oxygen atoms in total. The van der Waals surface area contributed by atoms with Gasteiger partial charge in [0.05, 0.1) is 5.41 Å². The maximum Gasteiger partial charge on any atom is 0.309 e. The van der Waals surface area contributed by atoms with Gasteiger partial charge in [0.25, 0.3) is 0 Å². The van der Waals surface area contributed by atoms with E-state index < -0.39 is 11.4 Å². The Morgan fingerprint density at radius 3 is 2.53 bits per heavy atom. The molecule has 110 valence electrons. The highest BCUT2D eigenvalue weighted by Crippen LogP contribution is 2.36. The molecule has 0 spiro atoms. The standard InChI is InChI=1S/C16H29NO2/c1-3-16(15(18)19)7-9-17(10-8-16)12-14-6-4-5-13(2)11-14/h13-14H,3-12H2,1-2H3,(H,18,19). The van der Waals surface area contributed by atoms with E-state index >= 15 is 0 Å². The predicted octanol–water partition coefficient (Wildman–Crippen LogP) is 3.39. The highest BCUT2D eigenvalue weighted by Gasteiger charge is 2.40. The maximum absolute atomic E-state index is 11.4. The van der Waals surface area contributed by atoms with Gasteiger partial charge in [-0.05, 0) is 57.0 Å². The molecule has 1 N–H and O–H groups in total. The first kappa shape index (κ1) is 14.8. The minimum absolute atomic E-state index is 0.434. The van der Waals surface area contributed by atoms with Crippen molar-refractivity contribution in [1.29, 1.82) is 0 Å². The first-order chi connectivity index (χ1) is 9.05. The SMILES string of the molecule is CCC1(C(=O)O)CCN(CC2CCCC(C)C2)CC1. The molecule has 2 aliphatic rings. The van der Waals surface area contributed by atoms with Crippen LogP contribution in [-0.2, 0) is 4.79 Å². The van der Waals surface area contributed by atoms with Gasteiger partial charge >= 0.3 is 5.97 Å². The van der Waals surface area contributed by atoms with Crippen LogP contribution < -0.4 is 0 Å². The average Bonchev–Trinajstić information content (AvgIpc) is 2.39. The molecule has 0 amide bonds. The molecule has 0 aromatic carbocycles. The molecule has 2 atom stereocenters. The number of aliphatic carboxylic acids is 1. The van der Waals surface area contributed by atoms with Crippen molar-refractivity contribution >= 4 is 5.97 Å². The Morgan fingerprint density at radius 1 is 1.32 bits per heavy atom. The van der Waals surface area contributed by atoms with Crippen LogP contribution in [-0.4, -0.2) is 35.6 Å². The molecule has 2 fully saturated rings. The molecule has 0 aromatic heterocycles. The molecule has 1 saturated heterocycles. The van der Waals surface area contributed by atoms with E-state index in [-0.39, 0.29) is 0 Å². The van der Waals surface area contributed by atoms with Crippen LogP contribution >= 0.6 is 0 Å². The van der Waals surface area contributed by atoms with Crippen molar-refractivity contribution in [2.24, 2.45) is 17.3 Å². The lowest BCUT2D eigenvalue weighted by Gasteiger charge is -2.40. The molecule has 2 unspecified atom stereocenters. The number of piperidine rings is 1. The summed E-state index contributed by atoms with van der Waals surface area (Å²) in [6.45, 7) is 7.54. The van der Waals surface area contributed by atoms with Crippen LogP contribution in [0.1, 0.15) is 58.8 Å². The van der Waals surface area contributed by atoms with Crippen LogP contribution in [0.25, 0.3) is 0 Å². The topological polar surface area (TPSA) is 40.5 Å². The molecule has 1 saturated carbocycles. The lowest BCUT2D eigenvalue weighted by molar-refractivity contribution is -0.152. The summed E-state index contributed by atoms with van der Waals surface area (Å²) >= 11 is 0. The Kier molecular flexibility index (Phi) is 4.88. The quantitative estimate of drug-likeness (QED) is 0.849. The maximum atomic E-state index is 11.4. The molecule has 0 aromatic rings. The van der Waals surface area contributed by atoms with Crippen molar-refractivity contribution < 1.29 is 9.90 Å². The molecule has 3 heteroatoms. The number of carboxylic acid groups (broad SMARTS) is 1. The molecule has 19 heavy (non-hydrogen) atoms. The normalized spacial score (nSPS) is 32.1. The minimum Gasteiger partial charge on any atom is -0.481 e. The van der Waals surface area contributed by atoms with Crippen molar-refractivity contribution in [1.82, 2.24) is 4.90 Å². The van der Waals surface area contributed by atoms with E-state index in [0.29, 0.717) is 0 Å². The van der Waals surface area contributed by atoms with E-state index in [2.05, 4.69) is 11.8 Å². The van der Waals surface area contributed by atoms with Crippen LogP contribution in [0.3, 0.4) is 0 Å². The Labute approximate surface area is 117 Å². The molecular weight excluding hydrogens is 238 g/mol. The van der Waals surface area contributed by atoms with Crippen molar-refractivity contribution in [3.8, 4) is 0 Å². The fourth-order valence-electron chi connectivity index (χ4n) is 3.97. The molecule has 0 bridgehead atoms. The zero-order valence-electron chi connectivity index (χ0n) is 12.5. The number of hydrogen-bond acceptors (Lipinski definition) is 2. The van der Waals surface area contributed by atoms with Gasteiger partial charge in [0.1, 0.15) is 0 Å². The Bertz CT molecular complexity index is 308. The summed E-state index contributed by atoms with van der Waals surface area (Å²) in [5, 5.41) is 9.41. The van der Waals surface area contributed by atoms with Crippen LogP contribution in [0.5, 0.6) is 0 Å². The van der Waals surface area contributed by atoms with Gasteiger partial charge in [-0.15, -0.1) is 0 Å². The molecule has 1 heterocycles. The van der Waals surface area contributed by atoms with Gasteiger partial charge in [0.2, 0.25) is 0 Å². The lowest BCUT2D eigenvalue weighted by Crippen LogP contribution is -2.45. The van der Waals surface area contributed by atoms with E-state index in [1.165, 1.54) is 32.2 Å². The second-order valence-electron chi connectivity index (χ2n) is 6.88. The summed E-state index contributed by atoms with van der Waals surface area (Å²) in [5.74, 6) is 1.15. The minimum atomic E-state index is -0.582. The third kappa shape index (κ3) is 3.50. The van der Waals surface area contributed by atoms with Crippen molar-refractivity contribution in [3.05, 3.63) is 0 Å². The highest BCUT2D eigenvalue weighted by atomic mass is 16.4. The summed E-state index contributed by atoms with van der Waals surface area (Å²) in [7, 11) is 0. The van der Waals surface area contributed by atoms with E-state index in [1.807, 2.05) is 6.92 Å². The number of carboxylic acids is 1. The van der Waals surface area contributed by atoms with Crippen molar-refractivity contribution in [2.45, 2.75) is 58.8 Å². The third-order valence-corrected chi connectivity index (χ3v) is 5.51. The van der Waals surface area contributed by atoms with Gasteiger partial charge in [0.15, 0.2) is 0 Å². The monoisotopic (exact) mass is 267 g/mol. The van der Waals surface area contributed by atoms with Crippen molar-refractivity contribution in [2.75, 3.05) is 19.6 Å². The zero-order chi connectivity index (χ0) is 13.9. The van der Waals surface area contributed by atoms with E-state index in [9.17, 15) is 9.90 Å². The second kappa shape index (κ2) is 6.25. The second-order valence-corrected chi connectivity index (χ2v) is 6.88. The zero-order valence-corrected chi connectivity index (χ0v) is 12.5. The van der Waals surface area contributed by atoms with Gasteiger partial charge in [-0.2, -0.15) is 0 Å². The summed E-state index contributed by atoms with van der Waals surface area (Å²) in [5.41, 5.74) is -0.434. The van der Waals surface area contributed by atoms with Crippen molar-refractivity contribution in [3.63, 3.8) is 0 Å². The van der Waals surface area contributed by atoms with Gasteiger partial charge < -0.3 is 10.0 Å². The molecule has 0 radical (unpaired) electrons. The van der Waals surface area contributed by atoms with Gasteiger partial charge in [-0.25, -0.2) is 0 Å². The summed E-state index contributed by atoms with van der Waals surface area (Å²) < 4.78 is 0. The molecule has 1 aliphatic heterocycles. The third-order valence-electron chi connectivity index (χ3n) is 5.51. The smallest absolute Gasteiger partial charge is 0.309 e. The molecule has 2 rings (SSSR count). The summed E-state index contributed by atoms with van der Waals surface area (Å²) in [4.78, 5) is 13.9. The van der Waals surface area contributed by atoms with Crippen LogP contribution in [0.4, 0.5) is 0 Å². The van der Waals surface area contributed by atoms with E-state index in [0.717, 1.165) is 44.2 Å². The Morgan fingerprint density at radius 2 is 2.00 bits per heavy atom. The average molecular weight is 267 g/mol. The number of likely N-dealkylation sites (tertiary alicyclic amines) is 1. The Balaban J connectivity index is 1.81. The lowest BCUT2D eigenvalue weighted by atomic mass is 9.75. The first-order valence-corrected chi connectivity index (χ1v) is 8.01. The van der Waals surface area contributed by atoms with E-state index in [4.69, 9.17) is 0 Å². The number of nitrogens with zero attached hydrogens (tertiary/aromatic N) is 1. The first-order valence-electron chi connectivity index (χ1n) is 8.01. The van der Waals surface area contributed by atoms with Gasteiger partial charge in [-0.3, -0.25) is 4.79 Å². The largest absolute Gasteiger partial charge is 0.481 e. The summed E-state index contributed by atoms with van der Waals surface area (Å²) in [6.07, 6.45) is 7.97.